The molecular formula is C24H31N3O2. The molecule has 2 unspecified atom stereocenters. The van der Waals surface area contributed by atoms with Crippen LogP contribution in [0.4, 0.5) is 5.69 Å². The average Bonchev–Trinajstić information content (AvgIpc) is 2.73. The van der Waals surface area contributed by atoms with Gasteiger partial charge in [0.05, 0.1) is 5.92 Å². The predicted molar refractivity (Wildman–Crippen MR) is 116 cm³/mol. The van der Waals surface area contributed by atoms with Crippen LogP contribution in [0.15, 0.2) is 47.8 Å². The second-order valence-corrected chi connectivity index (χ2v) is 8.65. The lowest BCUT2D eigenvalue weighted by atomic mass is 9.71. The Morgan fingerprint density at radius 1 is 1.07 bits per heavy atom. The molecule has 1 amide bonds. The van der Waals surface area contributed by atoms with Gasteiger partial charge >= 0.3 is 0 Å². The normalized spacial score (nSPS) is 24.8. The minimum absolute atomic E-state index is 0.105. The Labute approximate surface area is 173 Å². The third kappa shape index (κ3) is 3.70. The smallest absolute Gasteiger partial charge is 0.232 e. The van der Waals surface area contributed by atoms with Gasteiger partial charge in [-0.15, -0.1) is 0 Å². The van der Waals surface area contributed by atoms with Crippen molar-refractivity contribution in [2.24, 2.45) is 5.92 Å². The molecule has 0 aromatic heterocycles. The van der Waals surface area contributed by atoms with Crippen LogP contribution < -0.4 is 10.2 Å². The van der Waals surface area contributed by atoms with Gasteiger partial charge in [0, 0.05) is 62.2 Å². The molecule has 1 aliphatic carbocycles. The molecule has 1 aromatic rings. The monoisotopic (exact) mass is 393 g/mol. The first-order valence-electron chi connectivity index (χ1n) is 10.8. The summed E-state index contributed by atoms with van der Waals surface area (Å²) in [6.07, 6.45) is 5.54. The molecule has 0 spiro atoms. The van der Waals surface area contributed by atoms with Gasteiger partial charge in [-0.05, 0) is 49.8 Å². The van der Waals surface area contributed by atoms with E-state index in [0.29, 0.717) is 6.42 Å². The van der Waals surface area contributed by atoms with Crippen LogP contribution in [0.5, 0.6) is 0 Å². The number of carbonyl (C=O) groups excluding carboxylic acids is 2. The third-order valence-corrected chi connectivity index (χ3v) is 6.49. The van der Waals surface area contributed by atoms with E-state index in [0.717, 1.165) is 67.0 Å². The molecule has 1 aromatic carbocycles. The molecule has 1 fully saturated rings. The summed E-state index contributed by atoms with van der Waals surface area (Å²) in [6, 6.07) is 8.27. The largest absolute Gasteiger partial charge is 0.378 e. The van der Waals surface area contributed by atoms with Crippen molar-refractivity contribution in [3.8, 4) is 0 Å². The van der Waals surface area contributed by atoms with E-state index < -0.39 is 5.92 Å². The highest BCUT2D eigenvalue weighted by atomic mass is 16.2. The quantitative estimate of drug-likeness (QED) is 0.853. The molecule has 1 N–H and O–H groups in total. The molecule has 154 valence electrons. The van der Waals surface area contributed by atoms with E-state index in [4.69, 9.17) is 0 Å². The van der Waals surface area contributed by atoms with Crippen LogP contribution >= 0.6 is 0 Å². The van der Waals surface area contributed by atoms with Crippen LogP contribution in [0.3, 0.4) is 0 Å². The fraction of sp³-hybridized carbons (Fsp3) is 0.500. The van der Waals surface area contributed by atoms with Crippen molar-refractivity contribution in [3.63, 3.8) is 0 Å². The van der Waals surface area contributed by atoms with Crippen molar-refractivity contribution < 1.29 is 9.59 Å². The summed E-state index contributed by atoms with van der Waals surface area (Å²) in [5.74, 6) is -0.408. The molecule has 2 atom stereocenters. The molecule has 0 radical (unpaired) electrons. The van der Waals surface area contributed by atoms with E-state index in [2.05, 4.69) is 41.1 Å². The fourth-order valence-electron chi connectivity index (χ4n) is 4.94. The van der Waals surface area contributed by atoms with Crippen LogP contribution in [-0.4, -0.2) is 43.8 Å². The van der Waals surface area contributed by atoms with Crippen molar-refractivity contribution in [2.75, 3.05) is 32.1 Å². The van der Waals surface area contributed by atoms with Crippen molar-refractivity contribution >= 4 is 17.4 Å². The highest BCUT2D eigenvalue weighted by molar-refractivity contribution is 6.00. The average molecular weight is 394 g/mol. The highest BCUT2D eigenvalue weighted by Crippen LogP contribution is 2.45. The van der Waals surface area contributed by atoms with Crippen molar-refractivity contribution in [3.05, 3.63) is 53.4 Å². The molecule has 0 saturated carbocycles. The lowest BCUT2D eigenvalue weighted by Crippen LogP contribution is -2.47. The minimum atomic E-state index is -0.431. The Hall–Kier alpha value is -2.56. The van der Waals surface area contributed by atoms with Gasteiger partial charge in [0.1, 0.15) is 0 Å². The summed E-state index contributed by atoms with van der Waals surface area (Å²) in [7, 11) is 4.02. The van der Waals surface area contributed by atoms with E-state index in [9.17, 15) is 9.59 Å². The maximum atomic E-state index is 13.6. The number of hydrogen-bond donors (Lipinski definition) is 1. The number of amides is 1. The number of Topliss-reactive ketones (excluding diaryl/α,β-unsaturated/α-hetero) is 1. The zero-order valence-electron chi connectivity index (χ0n) is 17.5. The lowest BCUT2D eigenvalue weighted by molar-refractivity contribution is -0.136. The maximum absolute atomic E-state index is 13.6. The Bertz CT molecular complexity index is 847. The molecule has 3 aliphatic rings. The van der Waals surface area contributed by atoms with Crippen LogP contribution in [-0.2, 0) is 9.59 Å². The summed E-state index contributed by atoms with van der Waals surface area (Å²) in [5, 5.41) is 3.36. The number of hydrogen-bond acceptors (Lipinski definition) is 4. The first-order valence-corrected chi connectivity index (χ1v) is 10.8. The predicted octanol–water partition coefficient (Wildman–Crippen LogP) is 3.59. The van der Waals surface area contributed by atoms with E-state index in [1.807, 2.05) is 19.0 Å². The van der Waals surface area contributed by atoms with Gasteiger partial charge in [0.15, 0.2) is 5.78 Å². The number of carbonyl (C=O) groups is 2. The first kappa shape index (κ1) is 19.7. The zero-order valence-corrected chi connectivity index (χ0v) is 17.5. The molecule has 1 saturated heterocycles. The van der Waals surface area contributed by atoms with Gasteiger partial charge in [-0.3, -0.25) is 9.59 Å². The van der Waals surface area contributed by atoms with Gasteiger partial charge in [-0.25, -0.2) is 0 Å². The number of likely N-dealkylation sites (tertiary alicyclic amines) is 1. The zero-order chi connectivity index (χ0) is 20.5. The van der Waals surface area contributed by atoms with Crippen LogP contribution in [0.2, 0.25) is 0 Å². The van der Waals surface area contributed by atoms with Crippen molar-refractivity contribution in [1.29, 1.82) is 0 Å². The topological polar surface area (TPSA) is 52.7 Å². The second-order valence-electron chi connectivity index (χ2n) is 8.65. The van der Waals surface area contributed by atoms with Crippen LogP contribution in [0.25, 0.3) is 0 Å². The molecule has 2 aliphatic heterocycles. The van der Waals surface area contributed by atoms with Crippen molar-refractivity contribution in [1.82, 2.24) is 10.2 Å². The lowest BCUT2D eigenvalue weighted by Gasteiger charge is -2.41. The third-order valence-electron chi connectivity index (χ3n) is 6.49. The first-order chi connectivity index (χ1) is 14.0. The summed E-state index contributed by atoms with van der Waals surface area (Å²) < 4.78 is 0. The number of nitrogens with one attached hydrogen (secondary N) is 1. The minimum Gasteiger partial charge on any atom is -0.378 e. The molecule has 2 heterocycles. The van der Waals surface area contributed by atoms with Crippen molar-refractivity contribution in [2.45, 2.75) is 44.4 Å². The standard InChI is InChI=1S/C24H31N3O2/c1-16-21(24(29)27-14-5-4-6-15-27)22(17-10-12-18(13-11-17)26(2)3)23-19(25-16)8-7-9-20(23)28/h10-13,21-22,25H,1,4-9,14-15H2,2-3H3. The summed E-state index contributed by atoms with van der Waals surface area (Å²) in [6.45, 7) is 5.84. The fourth-order valence-corrected chi connectivity index (χ4v) is 4.94. The number of ketones is 1. The number of nitrogens with zero attached hydrogens (tertiary/aromatic N) is 2. The molecule has 5 nitrogen and oxygen atoms in total. The van der Waals surface area contributed by atoms with Gasteiger partial charge in [-0.1, -0.05) is 18.7 Å². The van der Waals surface area contributed by atoms with Crippen LogP contribution in [0.1, 0.15) is 50.0 Å². The number of allylic oxidation sites excluding steroid dienone is 2. The molecular weight excluding hydrogens is 362 g/mol. The summed E-state index contributed by atoms with van der Waals surface area (Å²) in [4.78, 5) is 30.6. The number of anilines is 1. The Kier molecular flexibility index (Phi) is 5.48. The van der Waals surface area contributed by atoms with Crippen LogP contribution in [0, 0.1) is 5.92 Å². The molecule has 0 bridgehead atoms. The SMILES string of the molecule is C=C1NC2=C(C(=O)CCC2)C(c2ccc(N(C)C)cc2)C1C(=O)N1CCCCC1. The van der Waals surface area contributed by atoms with E-state index in [-0.39, 0.29) is 17.6 Å². The number of rotatable bonds is 3. The van der Waals surface area contributed by atoms with Gasteiger partial charge in [0.25, 0.3) is 0 Å². The Morgan fingerprint density at radius 3 is 2.41 bits per heavy atom. The van der Waals surface area contributed by atoms with E-state index in [1.54, 1.807) is 0 Å². The number of benzene rings is 1. The van der Waals surface area contributed by atoms with Gasteiger partial charge < -0.3 is 15.1 Å². The maximum Gasteiger partial charge on any atom is 0.232 e. The summed E-state index contributed by atoms with van der Waals surface area (Å²) >= 11 is 0. The molecule has 4 rings (SSSR count). The van der Waals surface area contributed by atoms with Gasteiger partial charge in [0.2, 0.25) is 5.91 Å². The Balaban J connectivity index is 1.77. The molecule has 5 heteroatoms. The van der Waals surface area contributed by atoms with Gasteiger partial charge in [-0.2, -0.15) is 0 Å². The van der Waals surface area contributed by atoms with E-state index >= 15 is 0 Å². The van der Waals surface area contributed by atoms with E-state index in [1.165, 1.54) is 6.42 Å². The summed E-state index contributed by atoms with van der Waals surface area (Å²) in [5.41, 5.74) is 4.63. The second kappa shape index (κ2) is 8.05. The Morgan fingerprint density at radius 2 is 1.76 bits per heavy atom. The highest BCUT2D eigenvalue weighted by Gasteiger charge is 2.44. The number of piperidine rings is 1. The molecule has 29 heavy (non-hydrogen) atoms.